The molecule has 84 valence electrons. The summed E-state index contributed by atoms with van der Waals surface area (Å²) in [6.07, 6.45) is 5.65. The molecular weight excluding hydrogens is 252 g/mol. The van der Waals surface area contributed by atoms with Gasteiger partial charge in [0.15, 0.2) is 0 Å². The van der Waals surface area contributed by atoms with Crippen LogP contribution in [0.5, 0.6) is 0 Å². The number of nitrogens with zero attached hydrogens (tertiary/aromatic N) is 1. The summed E-state index contributed by atoms with van der Waals surface area (Å²) in [6, 6.07) is 2.08. The summed E-state index contributed by atoms with van der Waals surface area (Å²) in [4.78, 5) is 4.15. The van der Waals surface area contributed by atoms with Crippen LogP contribution >= 0.6 is 15.9 Å². The van der Waals surface area contributed by atoms with Gasteiger partial charge in [-0.3, -0.25) is 4.98 Å². The third-order valence-electron chi connectivity index (χ3n) is 3.08. The Hall–Kier alpha value is -0.410. The average molecular weight is 271 g/mol. The molecule has 0 saturated carbocycles. The van der Waals surface area contributed by atoms with Gasteiger partial charge in [0.1, 0.15) is 0 Å². The molecule has 1 heterocycles. The molecule has 1 aromatic rings. The zero-order valence-electron chi connectivity index (χ0n) is 9.63. The third kappa shape index (κ3) is 3.58. The van der Waals surface area contributed by atoms with Crippen molar-refractivity contribution >= 4 is 15.9 Å². The molecule has 2 nitrogen and oxygen atoms in total. The van der Waals surface area contributed by atoms with Gasteiger partial charge in [-0.25, -0.2) is 0 Å². The highest BCUT2D eigenvalue weighted by Gasteiger charge is 2.25. The minimum absolute atomic E-state index is 0.156. The van der Waals surface area contributed by atoms with Crippen LogP contribution in [0.25, 0.3) is 0 Å². The van der Waals surface area contributed by atoms with Crippen molar-refractivity contribution in [1.82, 2.24) is 4.98 Å². The van der Waals surface area contributed by atoms with Crippen molar-refractivity contribution in [1.29, 1.82) is 0 Å². The monoisotopic (exact) mass is 270 g/mol. The summed E-state index contributed by atoms with van der Waals surface area (Å²) >= 11 is 3.42. The fourth-order valence-electron chi connectivity index (χ4n) is 1.63. The summed E-state index contributed by atoms with van der Waals surface area (Å²) in [5, 5.41) is 0. The van der Waals surface area contributed by atoms with Gasteiger partial charge in [0.05, 0.1) is 0 Å². The molecule has 0 aliphatic heterocycles. The maximum atomic E-state index is 6.31. The van der Waals surface area contributed by atoms with Gasteiger partial charge < -0.3 is 5.73 Å². The van der Waals surface area contributed by atoms with Crippen LogP contribution in [0.1, 0.15) is 32.8 Å². The normalized spacial score (nSPS) is 17.1. The van der Waals surface area contributed by atoms with E-state index < -0.39 is 0 Å². The van der Waals surface area contributed by atoms with E-state index in [0.29, 0.717) is 5.92 Å². The molecule has 0 radical (unpaired) electrons. The summed E-state index contributed by atoms with van der Waals surface area (Å²) in [5.74, 6) is 0.511. The van der Waals surface area contributed by atoms with Gasteiger partial charge in [-0.15, -0.1) is 0 Å². The van der Waals surface area contributed by atoms with Gasteiger partial charge in [0.2, 0.25) is 0 Å². The van der Waals surface area contributed by atoms with Crippen LogP contribution in [-0.2, 0) is 6.42 Å². The summed E-state index contributed by atoms with van der Waals surface area (Å²) in [7, 11) is 0. The molecule has 1 rings (SSSR count). The molecule has 0 aliphatic rings. The number of nitrogens with two attached hydrogens (primary N) is 1. The SMILES string of the molecule is CCC(C)C(C)(N)Cc1cncc(Br)c1. The minimum atomic E-state index is -0.156. The second-order valence-electron chi connectivity index (χ2n) is 4.50. The zero-order valence-corrected chi connectivity index (χ0v) is 11.2. The van der Waals surface area contributed by atoms with Crippen LogP contribution in [-0.4, -0.2) is 10.5 Å². The Balaban J connectivity index is 2.77. The first-order valence-electron chi connectivity index (χ1n) is 5.34. The lowest BCUT2D eigenvalue weighted by atomic mass is 9.81. The molecule has 0 spiro atoms. The van der Waals surface area contributed by atoms with E-state index in [1.54, 1.807) is 6.20 Å². The van der Waals surface area contributed by atoms with Gasteiger partial charge >= 0.3 is 0 Å². The lowest BCUT2D eigenvalue weighted by Crippen LogP contribution is -2.44. The van der Waals surface area contributed by atoms with E-state index in [4.69, 9.17) is 5.73 Å². The zero-order chi connectivity index (χ0) is 11.5. The van der Waals surface area contributed by atoms with Crippen molar-refractivity contribution in [3.05, 3.63) is 28.5 Å². The van der Waals surface area contributed by atoms with Crippen molar-refractivity contribution in [3.63, 3.8) is 0 Å². The van der Waals surface area contributed by atoms with Gasteiger partial charge in [-0.2, -0.15) is 0 Å². The molecule has 1 aromatic heterocycles. The van der Waals surface area contributed by atoms with Gasteiger partial charge in [0, 0.05) is 22.4 Å². The Kier molecular flexibility index (Phi) is 4.29. The second kappa shape index (κ2) is 5.08. The first kappa shape index (κ1) is 12.7. The molecule has 0 fully saturated rings. The van der Waals surface area contributed by atoms with Gasteiger partial charge in [-0.1, -0.05) is 20.3 Å². The standard InChI is InChI=1S/C12H19BrN2/c1-4-9(2)12(3,14)6-10-5-11(13)8-15-7-10/h5,7-9H,4,6,14H2,1-3H3. The van der Waals surface area contributed by atoms with E-state index in [1.807, 2.05) is 6.20 Å². The Morgan fingerprint density at radius 2 is 2.20 bits per heavy atom. The molecule has 3 heteroatoms. The highest BCUT2D eigenvalue weighted by molar-refractivity contribution is 9.10. The van der Waals surface area contributed by atoms with E-state index in [1.165, 1.54) is 5.56 Å². The number of hydrogen-bond donors (Lipinski definition) is 1. The summed E-state index contributed by atoms with van der Waals surface area (Å²) in [5.41, 5.74) is 7.34. The molecule has 0 bridgehead atoms. The van der Waals surface area contributed by atoms with Crippen molar-refractivity contribution in [2.75, 3.05) is 0 Å². The number of hydrogen-bond acceptors (Lipinski definition) is 2. The third-order valence-corrected chi connectivity index (χ3v) is 3.52. The second-order valence-corrected chi connectivity index (χ2v) is 5.42. The molecular formula is C12H19BrN2. The lowest BCUT2D eigenvalue weighted by Gasteiger charge is -2.31. The Morgan fingerprint density at radius 1 is 1.53 bits per heavy atom. The van der Waals surface area contributed by atoms with Crippen LogP contribution in [0.4, 0.5) is 0 Å². The van der Waals surface area contributed by atoms with E-state index in [0.717, 1.165) is 17.3 Å². The quantitative estimate of drug-likeness (QED) is 0.913. The van der Waals surface area contributed by atoms with E-state index in [9.17, 15) is 0 Å². The highest BCUT2D eigenvalue weighted by atomic mass is 79.9. The minimum Gasteiger partial charge on any atom is -0.325 e. The molecule has 2 unspecified atom stereocenters. The lowest BCUT2D eigenvalue weighted by molar-refractivity contribution is 0.306. The average Bonchev–Trinajstić information content (AvgIpc) is 2.15. The number of halogens is 1. The number of rotatable bonds is 4. The number of aromatic nitrogens is 1. The van der Waals surface area contributed by atoms with E-state index in [-0.39, 0.29) is 5.54 Å². The molecule has 15 heavy (non-hydrogen) atoms. The van der Waals surface area contributed by atoms with Crippen LogP contribution in [0.3, 0.4) is 0 Å². The van der Waals surface area contributed by atoms with Crippen LogP contribution < -0.4 is 5.73 Å². The largest absolute Gasteiger partial charge is 0.325 e. The van der Waals surface area contributed by atoms with Crippen molar-refractivity contribution in [2.24, 2.45) is 11.7 Å². The molecule has 0 aliphatic carbocycles. The van der Waals surface area contributed by atoms with Crippen molar-refractivity contribution < 1.29 is 0 Å². The predicted molar refractivity (Wildman–Crippen MR) is 67.7 cm³/mol. The molecule has 2 N–H and O–H groups in total. The number of pyridine rings is 1. The van der Waals surface area contributed by atoms with E-state index >= 15 is 0 Å². The highest BCUT2D eigenvalue weighted by Crippen LogP contribution is 2.22. The Bertz CT molecular complexity index is 323. The summed E-state index contributed by atoms with van der Waals surface area (Å²) < 4.78 is 1.01. The summed E-state index contributed by atoms with van der Waals surface area (Å²) in [6.45, 7) is 6.49. The first-order chi connectivity index (χ1) is 6.95. The van der Waals surface area contributed by atoms with Crippen LogP contribution in [0.15, 0.2) is 22.9 Å². The Labute approximate surface area is 100 Å². The maximum absolute atomic E-state index is 6.31. The smallest absolute Gasteiger partial charge is 0.0410 e. The predicted octanol–water partition coefficient (Wildman–Crippen LogP) is 3.15. The Morgan fingerprint density at radius 3 is 2.73 bits per heavy atom. The maximum Gasteiger partial charge on any atom is 0.0410 e. The molecule has 2 atom stereocenters. The van der Waals surface area contributed by atoms with Gasteiger partial charge in [-0.05, 0) is 46.8 Å². The van der Waals surface area contributed by atoms with Gasteiger partial charge in [0.25, 0.3) is 0 Å². The topological polar surface area (TPSA) is 38.9 Å². The molecule has 0 saturated heterocycles. The molecule has 0 amide bonds. The van der Waals surface area contributed by atoms with E-state index in [2.05, 4.69) is 47.8 Å². The molecule has 0 aromatic carbocycles. The van der Waals surface area contributed by atoms with Crippen molar-refractivity contribution in [2.45, 2.75) is 39.2 Å². The van der Waals surface area contributed by atoms with Crippen LogP contribution in [0.2, 0.25) is 0 Å². The fraction of sp³-hybridized carbons (Fsp3) is 0.583. The fourth-order valence-corrected chi connectivity index (χ4v) is 2.05. The van der Waals surface area contributed by atoms with Crippen LogP contribution in [0, 0.1) is 5.92 Å². The first-order valence-corrected chi connectivity index (χ1v) is 6.13. The van der Waals surface area contributed by atoms with Crippen molar-refractivity contribution in [3.8, 4) is 0 Å².